The van der Waals surface area contributed by atoms with E-state index in [9.17, 15) is 9.59 Å². The monoisotopic (exact) mass is 280 g/mol. The quantitative estimate of drug-likeness (QED) is 0.698. The van der Waals surface area contributed by atoms with E-state index in [1.807, 2.05) is 30.3 Å². The molecule has 1 aromatic rings. The molecule has 0 bridgehead atoms. The number of benzene rings is 1. The second-order valence-electron chi connectivity index (χ2n) is 4.11. The predicted octanol–water partition coefficient (Wildman–Crippen LogP) is 1.07. The summed E-state index contributed by atoms with van der Waals surface area (Å²) in [6.07, 6.45) is 0.127. The van der Waals surface area contributed by atoms with E-state index in [4.69, 9.17) is 9.47 Å². The molecular formula is C14H20N2O4. The SMILES string of the molecule is COCCCNC(=O)CNC(=O)OCc1ccccc1. The summed E-state index contributed by atoms with van der Waals surface area (Å²) in [6, 6.07) is 9.33. The lowest BCUT2D eigenvalue weighted by atomic mass is 10.2. The fraction of sp³-hybridized carbons (Fsp3) is 0.429. The fourth-order valence-electron chi connectivity index (χ4n) is 1.43. The van der Waals surface area contributed by atoms with Crippen LogP contribution < -0.4 is 10.6 Å². The van der Waals surface area contributed by atoms with Gasteiger partial charge >= 0.3 is 6.09 Å². The summed E-state index contributed by atoms with van der Waals surface area (Å²) >= 11 is 0. The van der Waals surface area contributed by atoms with Crippen molar-refractivity contribution in [2.75, 3.05) is 26.8 Å². The molecule has 6 heteroatoms. The van der Waals surface area contributed by atoms with Crippen LogP contribution in [-0.4, -0.2) is 38.8 Å². The number of ether oxygens (including phenoxy) is 2. The van der Waals surface area contributed by atoms with E-state index in [1.165, 1.54) is 0 Å². The standard InChI is InChI=1S/C14H20N2O4/c1-19-9-5-8-15-13(17)10-16-14(18)20-11-12-6-3-2-4-7-12/h2-4,6-7H,5,8-11H2,1H3,(H,15,17)(H,16,18). The molecule has 0 fully saturated rings. The Labute approximate surface area is 118 Å². The van der Waals surface area contributed by atoms with Gasteiger partial charge < -0.3 is 20.1 Å². The van der Waals surface area contributed by atoms with Crippen molar-refractivity contribution in [3.8, 4) is 0 Å². The molecule has 20 heavy (non-hydrogen) atoms. The molecule has 0 unspecified atom stereocenters. The van der Waals surface area contributed by atoms with Crippen molar-refractivity contribution < 1.29 is 19.1 Å². The Kier molecular flexibility index (Phi) is 7.83. The molecule has 0 saturated carbocycles. The summed E-state index contributed by atoms with van der Waals surface area (Å²) in [4.78, 5) is 22.7. The molecule has 0 aliphatic carbocycles. The van der Waals surface area contributed by atoms with E-state index in [0.29, 0.717) is 13.2 Å². The van der Waals surface area contributed by atoms with Crippen molar-refractivity contribution in [2.24, 2.45) is 0 Å². The fourth-order valence-corrected chi connectivity index (χ4v) is 1.43. The van der Waals surface area contributed by atoms with Crippen molar-refractivity contribution in [1.29, 1.82) is 0 Å². The minimum absolute atomic E-state index is 0.0966. The van der Waals surface area contributed by atoms with Crippen LogP contribution in [0.15, 0.2) is 30.3 Å². The van der Waals surface area contributed by atoms with Crippen LogP contribution in [0.25, 0.3) is 0 Å². The van der Waals surface area contributed by atoms with Crippen molar-refractivity contribution in [3.05, 3.63) is 35.9 Å². The molecule has 0 atom stereocenters. The molecule has 0 aliphatic heterocycles. The summed E-state index contributed by atoms with van der Waals surface area (Å²) < 4.78 is 9.83. The average molecular weight is 280 g/mol. The van der Waals surface area contributed by atoms with Gasteiger partial charge in [-0.1, -0.05) is 30.3 Å². The van der Waals surface area contributed by atoms with Gasteiger partial charge in [0.2, 0.25) is 5.91 Å². The van der Waals surface area contributed by atoms with Crippen molar-refractivity contribution in [3.63, 3.8) is 0 Å². The third kappa shape index (κ3) is 7.38. The van der Waals surface area contributed by atoms with Gasteiger partial charge in [0.1, 0.15) is 6.61 Å². The van der Waals surface area contributed by atoms with E-state index in [-0.39, 0.29) is 19.1 Å². The van der Waals surface area contributed by atoms with E-state index in [1.54, 1.807) is 7.11 Å². The summed E-state index contributed by atoms with van der Waals surface area (Å²) in [5.74, 6) is -0.252. The molecule has 2 amide bonds. The molecular weight excluding hydrogens is 260 g/mol. The maximum absolute atomic E-state index is 11.4. The lowest BCUT2D eigenvalue weighted by Gasteiger charge is -2.07. The molecule has 2 N–H and O–H groups in total. The number of hydrogen-bond acceptors (Lipinski definition) is 4. The zero-order valence-corrected chi connectivity index (χ0v) is 11.6. The van der Waals surface area contributed by atoms with Crippen LogP contribution in [0.4, 0.5) is 4.79 Å². The lowest BCUT2D eigenvalue weighted by Crippen LogP contribution is -2.37. The molecule has 110 valence electrons. The Morgan fingerprint density at radius 3 is 2.60 bits per heavy atom. The normalized spacial score (nSPS) is 9.85. The number of rotatable bonds is 8. The van der Waals surface area contributed by atoms with Gasteiger partial charge in [-0.05, 0) is 12.0 Å². The Morgan fingerprint density at radius 2 is 1.90 bits per heavy atom. The van der Waals surface area contributed by atoms with E-state index < -0.39 is 6.09 Å². The van der Waals surface area contributed by atoms with E-state index in [2.05, 4.69) is 10.6 Å². The minimum Gasteiger partial charge on any atom is -0.445 e. The van der Waals surface area contributed by atoms with Crippen LogP contribution in [0.2, 0.25) is 0 Å². The number of amides is 2. The molecule has 6 nitrogen and oxygen atoms in total. The average Bonchev–Trinajstić information content (AvgIpc) is 2.48. The lowest BCUT2D eigenvalue weighted by molar-refractivity contribution is -0.120. The maximum atomic E-state index is 11.4. The highest BCUT2D eigenvalue weighted by Gasteiger charge is 2.05. The molecule has 0 heterocycles. The number of carbonyl (C=O) groups is 2. The van der Waals surface area contributed by atoms with Crippen LogP contribution in [0.1, 0.15) is 12.0 Å². The van der Waals surface area contributed by atoms with Crippen LogP contribution in [0.5, 0.6) is 0 Å². The van der Waals surface area contributed by atoms with Gasteiger partial charge in [-0.25, -0.2) is 4.79 Å². The number of alkyl carbamates (subject to hydrolysis) is 1. The van der Waals surface area contributed by atoms with Crippen molar-refractivity contribution in [1.82, 2.24) is 10.6 Å². The summed E-state index contributed by atoms with van der Waals surface area (Å²) in [6.45, 7) is 1.20. The maximum Gasteiger partial charge on any atom is 0.407 e. The zero-order valence-electron chi connectivity index (χ0n) is 11.6. The summed E-state index contributed by atoms with van der Waals surface area (Å²) in [5.41, 5.74) is 0.895. The predicted molar refractivity (Wildman–Crippen MR) is 74.1 cm³/mol. The number of nitrogens with one attached hydrogen (secondary N) is 2. The smallest absolute Gasteiger partial charge is 0.407 e. The molecule has 1 rings (SSSR count). The zero-order chi connectivity index (χ0) is 14.6. The first kappa shape index (κ1) is 16.0. The first-order chi connectivity index (χ1) is 9.72. The first-order valence-corrected chi connectivity index (χ1v) is 6.42. The van der Waals surface area contributed by atoms with Crippen LogP contribution in [0.3, 0.4) is 0 Å². The molecule has 0 radical (unpaired) electrons. The van der Waals surface area contributed by atoms with E-state index >= 15 is 0 Å². The highest BCUT2D eigenvalue weighted by Crippen LogP contribution is 2.00. The summed E-state index contributed by atoms with van der Waals surface area (Å²) in [7, 11) is 1.60. The molecule has 0 aromatic heterocycles. The molecule has 1 aromatic carbocycles. The highest BCUT2D eigenvalue weighted by molar-refractivity contribution is 5.82. The van der Waals surface area contributed by atoms with Gasteiger partial charge in [-0.15, -0.1) is 0 Å². The Hall–Kier alpha value is -2.08. The Balaban J connectivity index is 2.09. The minimum atomic E-state index is -0.610. The Morgan fingerprint density at radius 1 is 1.15 bits per heavy atom. The largest absolute Gasteiger partial charge is 0.445 e. The van der Waals surface area contributed by atoms with Crippen LogP contribution in [0, 0.1) is 0 Å². The first-order valence-electron chi connectivity index (χ1n) is 6.42. The van der Waals surface area contributed by atoms with Gasteiger partial charge in [0.25, 0.3) is 0 Å². The third-order valence-corrected chi connectivity index (χ3v) is 2.45. The van der Waals surface area contributed by atoms with Crippen molar-refractivity contribution in [2.45, 2.75) is 13.0 Å². The highest BCUT2D eigenvalue weighted by atomic mass is 16.5. The Bertz CT molecular complexity index is 409. The van der Waals surface area contributed by atoms with Gasteiger partial charge in [0.15, 0.2) is 0 Å². The summed E-state index contributed by atoms with van der Waals surface area (Å²) in [5, 5.41) is 5.05. The topological polar surface area (TPSA) is 76.7 Å². The second-order valence-corrected chi connectivity index (χ2v) is 4.11. The van der Waals surface area contributed by atoms with Gasteiger partial charge in [0.05, 0.1) is 6.54 Å². The molecule has 0 spiro atoms. The van der Waals surface area contributed by atoms with Crippen molar-refractivity contribution >= 4 is 12.0 Å². The number of hydrogen-bond donors (Lipinski definition) is 2. The van der Waals surface area contributed by atoms with Gasteiger partial charge in [0, 0.05) is 20.3 Å². The molecule has 0 saturated heterocycles. The van der Waals surface area contributed by atoms with E-state index in [0.717, 1.165) is 12.0 Å². The number of carbonyl (C=O) groups excluding carboxylic acids is 2. The van der Waals surface area contributed by atoms with Crippen LogP contribution >= 0.6 is 0 Å². The van der Waals surface area contributed by atoms with Gasteiger partial charge in [-0.2, -0.15) is 0 Å². The third-order valence-electron chi connectivity index (χ3n) is 2.45. The molecule has 0 aliphatic rings. The second kappa shape index (κ2) is 9.80. The van der Waals surface area contributed by atoms with Gasteiger partial charge in [-0.3, -0.25) is 4.79 Å². The number of methoxy groups -OCH3 is 1. The van der Waals surface area contributed by atoms with Crippen LogP contribution in [-0.2, 0) is 20.9 Å².